The number of nitrogens with zero attached hydrogens (tertiary/aromatic N) is 3. The summed E-state index contributed by atoms with van der Waals surface area (Å²) in [6, 6.07) is 10.4. The average molecular weight is 345 g/mol. The molecule has 1 atom stereocenters. The maximum atomic E-state index is 12.2. The van der Waals surface area contributed by atoms with E-state index in [1.807, 2.05) is 17.2 Å². The Hall–Kier alpha value is -1.82. The first-order valence-corrected chi connectivity index (χ1v) is 9.78. The van der Waals surface area contributed by atoms with Gasteiger partial charge in [0.05, 0.1) is 11.7 Å². The summed E-state index contributed by atoms with van der Waals surface area (Å²) in [4.78, 5) is 18.6. The van der Waals surface area contributed by atoms with Crippen LogP contribution in [0.5, 0.6) is 0 Å². The normalized spacial score (nSPS) is 18.1. The molecule has 1 fully saturated rings. The van der Waals surface area contributed by atoms with Gasteiger partial charge in [-0.25, -0.2) is 0 Å². The Bertz CT molecular complexity index is 659. The first kappa shape index (κ1) is 17.0. The van der Waals surface area contributed by atoms with E-state index in [1.165, 1.54) is 5.56 Å². The second-order valence-corrected chi connectivity index (χ2v) is 7.01. The third-order valence-electron chi connectivity index (χ3n) is 4.34. The maximum absolute atomic E-state index is 12.2. The molecule has 0 saturated carbocycles. The molecule has 1 saturated heterocycles. The van der Waals surface area contributed by atoms with Crippen LogP contribution in [0.2, 0.25) is 0 Å². The lowest BCUT2D eigenvalue weighted by Gasteiger charge is -2.31. The van der Waals surface area contributed by atoms with Crippen molar-refractivity contribution in [1.29, 1.82) is 0 Å². The number of benzene rings is 1. The molecule has 0 bridgehead atoms. The molecule has 1 unspecified atom stereocenters. The predicted molar refractivity (Wildman–Crippen MR) is 94.8 cm³/mol. The van der Waals surface area contributed by atoms with Crippen LogP contribution >= 0.6 is 11.8 Å². The van der Waals surface area contributed by atoms with Crippen LogP contribution in [-0.4, -0.2) is 40.3 Å². The molecule has 6 heteroatoms. The van der Waals surface area contributed by atoms with Gasteiger partial charge in [0.15, 0.2) is 5.82 Å². The Morgan fingerprint density at radius 1 is 1.33 bits per heavy atom. The lowest BCUT2D eigenvalue weighted by atomic mass is 9.97. The third kappa shape index (κ3) is 4.38. The van der Waals surface area contributed by atoms with Gasteiger partial charge in [0.1, 0.15) is 0 Å². The van der Waals surface area contributed by atoms with Crippen LogP contribution in [-0.2, 0) is 17.0 Å². The molecule has 1 aliphatic heterocycles. The van der Waals surface area contributed by atoms with Crippen molar-refractivity contribution in [1.82, 2.24) is 15.0 Å². The number of likely N-dealkylation sites (tertiary alicyclic amines) is 1. The molecule has 1 aromatic carbocycles. The summed E-state index contributed by atoms with van der Waals surface area (Å²) < 4.78 is 5.40. The first-order chi connectivity index (χ1) is 11.8. The lowest BCUT2D eigenvalue weighted by Crippen LogP contribution is -2.39. The Kier molecular flexibility index (Phi) is 5.91. The van der Waals surface area contributed by atoms with Gasteiger partial charge in [-0.15, -0.1) is 0 Å². The zero-order chi connectivity index (χ0) is 16.8. The van der Waals surface area contributed by atoms with Crippen molar-refractivity contribution in [2.24, 2.45) is 0 Å². The second-order valence-electron chi connectivity index (χ2n) is 6.15. The van der Waals surface area contributed by atoms with Gasteiger partial charge < -0.3 is 9.42 Å². The van der Waals surface area contributed by atoms with Crippen molar-refractivity contribution < 1.29 is 9.32 Å². The van der Waals surface area contributed by atoms with Crippen molar-refractivity contribution in [2.75, 3.05) is 19.3 Å². The maximum Gasteiger partial charge on any atom is 0.231 e. The van der Waals surface area contributed by atoms with E-state index < -0.39 is 0 Å². The largest absolute Gasteiger partial charge is 0.342 e. The van der Waals surface area contributed by atoms with E-state index in [1.54, 1.807) is 11.8 Å². The van der Waals surface area contributed by atoms with Gasteiger partial charge in [0, 0.05) is 19.5 Å². The average Bonchev–Trinajstić information content (AvgIpc) is 3.06. The number of aromatic nitrogens is 2. The Balaban J connectivity index is 1.54. The molecule has 24 heavy (non-hydrogen) atoms. The van der Waals surface area contributed by atoms with E-state index in [9.17, 15) is 4.79 Å². The van der Waals surface area contributed by atoms with Crippen molar-refractivity contribution in [3.8, 4) is 0 Å². The van der Waals surface area contributed by atoms with E-state index >= 15 is 0 Å². The lowest BCUT2D eigenvalue weighted by molar-refractivity contribution is -0.134. The molecule has 0 aliphatic carbocycles. The Morgan fingerprint density at radius 2 is 2.17 bits per heavy atom. The number of aryl methyl sites for hydroxylation is 1. The van der Waals surface area contributed by atoms with Crippen LogP contribution in [0.1, 0.15) is 42.5 Å². The molecule has 0 radical (unpaired) electrons. The van der Waals surface area contributed by atoms with Gasteiger partial charge in [-0.2, -0.15) is 16.7 Å². The van der Waals surface area contributed by atoms with Crippen LogP contribution in [0.15, 0.2) is 34.9 Å². The Morgan fingerprint density at radius 3 is 2.96 bits per heavy atom. The van der Waals surface area contributed by atoms with Crippen LogP contribution in [0.3, 0.4) is 0 Å². The van der Waals surface area contributed by atoms with Crippen molar-refractivity contribution >= 4 is 17.7 Å². The van der Waals surface area contributed by atoms with Crippen LogP contribution in [0.25, 0.3) is 0 Å². The number of thioether (sulfide) groups is 1. The van der Waals surface area contributed by atoms with Crippen LogP contribution in [0, 0.1) is 0 Å². The van der Waals surface area contributed by atoms with Crippen molar-refractivity contribution in [3.05, 3.63) is 47.6 Å². The molecular formula is C18H23N3O2S. The molecular weight excluding hydrogens is 322 g/mol. The van der Waals surface area contributed by atoms with Gasteiger partial charge in [0.25, 0.3) is 0 Å². The number of hydrogen-bond acceptors (Lipinski definition) is 5. The molecule has 2 heterocycles. The summed E-state index contributed by atoms with van der Waals surface area (Å²) in [5.41, 5.74) is 1.32. The molecule has 5 nitrogen and oxygen atoms in total. The van der Waals surface area contributed by atoms with Crippen LogP contribution < -0.4 is 0 Å². The molecule has 2 aromatic rings. The van der Waals surface area contributed by atoms with Gasteiger partial charge >= 0.3 is 0 Å². The molecule has 1 aliphatic rings. The quantitative estimate of drug-likeness (QED) is 0.771. The second kappa shape index (κ2) is 8.33. The fourth-order valence-corrected chi connectivity index (χ4v) is 3.45. The van der Waals surface area contributed by atoms with Crippen molar-refractivity contribution in [3.63, 3.8) is 0 Å². The van der Waals surface area contributed by atoms with E-state index in [4.69, 9.17) is 4.52 Å². The topological polar surface area (TPSA) is 59.2 Å². The number of carbonyl (C=O) groups excluding carboxylic acids is 1. The molecule has 1 amide bonds. The third-order valence-corrected chi connectivity index (χ3v) is 4.89. The van der Waals surface area contributed by atoms with Crippen LogP contribution in [0.4, 0.5) is 0 Å². The van der Waals surface area contributed by atoms with E-state index in [0.717, 1.165) is 37.4 Å². The smallest absolute Gasteiger partial charge is 0.231 e. The Labute approximate surface area is 146 Å². The molecule has 128 valence electrons. The summed E-state index contributed by atoms with van der Waals surface area (Å²) >= 11 is 1.68. The summed E-state index contributed by atoms with van der Waals surface area (Å²) in [7, 11) is 0. The minimum absolute atomic E-state index is 0.169. The number of rotatable bonds is 7. The van der Waals surface area contributed by atoms with Gasteiger partial charge in [-0.1, -0.05) is 35.5 Å². The predicted octanol–water partition coefficient (Wildman–Crippen LogP) is 3.27. The highest BCUT2D eigenvalue weighted by Gasteiger charge is 2.29. The highest BCUT2D eigenvalue weighted by atomic mass is 32.2. The highest BCUT2D eigenvalue weighted by molar-refractivity contribution is 7.97. The molecule has 1 aromatic heterocycles. The summed E-state index contributed by atoms with van der Waals surface area (Å²) in [5.74, 6) is 2.59. The number of amides is 1. The van der Waals surface area contributed by atoms with E-state index in [2.05, 4.69) is 34.4 Å². The molecule has 0 N–H and O–H groups in total. The summed E-state index contributed by atoms with van der Waals surface area (Å²) in [6.45, 7) is 1.48. The fourth-order valence-electron chi connectivity index (χ4n) is 3.07. The van der Waals surface area contributed by atoms with Crippen molar-refractivity contribution in [2.45, 2.75) is 37.4 Å². The number of piperidine rings is 1. The zero-order valence-electron chi connectivity index (χ0n) is 14.0. The van der Waals surface area contributed by atoms with Gasteiger partial charge in [-0.05, 0) is 31.1 Å². The van der Waals surface area contributed by atoms with Gasteiger partial charge in [0.2, 0.25) is 11.8 Å². The number of hydrogen-bond donors (Lipinski definition) is 0. The minimum atomic E-state index is 0.169. The monoisotopic (exact) mass is 345 g/mol. The zero-order valence-corrected chi connectivity index (χ0v) is 14.8. The number of carbonyl (C=O) groups is 1. The van der Waals surface area contributed by atoms with E-state index in [-0.39, 0.29) is 11.8 Å². The standard InChI is InChI=1S/C18H23N3O2S/c1-24-13-16-19-18(23-20-16)15-9-10-17(22)21(12-15)11-5-8-14-6-3-2-4-7-14/h2-4,6-7,15H,5,8-13H2,1H3. The van der Waals surface area contributed by atoms with E-state index in [0.29, 0.717) is 18.9 Å². The first-order valence-electron chi connectivity index (χ1n) is 8.39. The van der Waals surface area contributed by atoms with Gasteiger partial charge in [-0.3, -0.25) is 4.79 Å². The minimum Gasteiger partial charge on any atom is -0.342 e. The molecule has 3 rings (SSSR count). The molecule has 0 spiro atoms. The summed E-state index contributed by atoms with van der Waals surface area (Å²) in [6.07, 6.45) is 5.35. The fraction of sp³-hybridized carbons (Fsp3) is 0.500. The highest BCUT2D eigenvalue weighted by Crippen LogP contribution is 2.27. The summed E-state index contributed by atoms with van der Waals surface area (Å²) in [5, 5.41) is 4.02. The SMILES string of the molecule is CSCc1noc(C2CCC(=O)N(CCCc3ccccc3)C2)n1.